The van der Waals surface area contributed by atoms with Crippen molar-refractivity contribution in [3.05, 3.63) is 28.8 Å². The van der Waals surface area contributed by atoms with Crippen molar-refractivity contribution in [3.8, 4) is 0 Å². The topological polar surface area (TPSA) is 40.1 Å². The van der Waals surface area contributed by atoms with Crippen molar-refractivity contribution in [2.45, 2.75) is 24.7 Å². The maximum absolute atomic E-state index is 10.7. The molecule has 1 atom stereocenters. The summed E-state index contributed by atoms with van der Waals surface area (Å²) in [5, 5.41) is 0.276. The summed E-state index contributed by atoms with van der Waals surface area (Å²) in [7, 11) is 0. The van der Waals surface area contributed by atoms with Crippen LogP contribution in [-0.4, -0.2) is 8.76 Å². The molecule has 1 rings (SSSR count). The first-order valence-electron chi connectivity index (χ1n) is 3.91. The number of hydrogen-bond acceptors (Lipinski definition) is 2. The molecule has 0 amide bonds. The molecule has 0 heterocycles. The normalized spacial score (nSPS) is 12.4. The van der Waals surface area contributed by atoms with Gasteiger partial charge in [-0.05, 0) is 34.7 Å². The minimum absolute atomic E-state index is 0. The molecular weight excluding hydrogens is 231 g/mol. The van der Waals surface area contributed by atoms with E-state index in [1.807, 2.05) is 19.9 Å². The summed E-state index contributed by atoms with van der Waals surface area (Å²) in [5.41, 5.74) is 0.976. The van der Waals surface area contributed by atoms with E-state index in [2.05, 4.69) is 0 Å². The number of halogens is 1. The Morgan fingerprint density at radius 3 is 2.43 bits per heavy atom. The van der Waals surface area contributed by atoms with Gasteiger partial charge in [0.2, 0.25) is 0 Å². The zero-order chi connectivity index (χ0) is 10.0. The second kappa shape index (κ2) is 6.26. The largest absolute Gasteiger partial charge is 1.00 e. The van der Waals surface area contributed by atoms with E-state index in [1.54, 1.807) is 12.1 Å². The fourth-order valence-corrected chi connectivity index (χ4v) is 1.77. The molecule has 5 heteroatoms. The Morgan fingerprint density at radius 1 is 1.43 bits per heavy atom. The van der Waals surface area contributed by atoms with Crippen molar-refractivity contribution in [2.75, 3.05) is 0 Å². The van der Waals surface area contributed by atoms with Gasteiger partial charge in [0.1, 0.15) is 0 Å². The molecule has 2 nitrogen and oxygen atoms in total. The third-order valence-electron chi connectivity index (χ3n) is 1.80. The molecule has 0 saturated carbocycles. The summed E-state index contributed by atoms with van der Waals surface area (Å²) in [6, 6.07) is 5.06. The van der Waals surface area contributed by atoms with Crippen LogP contribution in [0.1, 0.15) is 25.3 Å². The van der Waals surface area contributed by atoms with Crippen LogP contribution >= 0.6 is 11.6 Å². The summed E-state index contributed by atoms with van der Waals surface area (Å²) in [6.45, 7) is 4.00. The Labute approximate surface area is 114 Å². The zero-order valence-corrected chi connectivity index (χ0v) is 12.0. The second-order valence-corrected chi connectivity index (χ2v) is 4.40. The van der Waals surface area contributed by atoms with Crippen LogP contribution in [0.25, 0.3) is 0 Å². The Bertz CT molecular complexity index is 342. The van der Waals surface area contributed by atoms with Gasteiger partial charge in [-0.15, -0.1) is 0 Å². The first-order chi connectivity index (χ1) is 6.02. The molecule has 0 saturated heterocycles. The molecular formula is C9H10ClNaO2S. The summed E-state index contributed by atoms with van der Waals surface area (Å²) in [5.74, 6) is 0.305. The Balaban J connectivity index is 0.00000169. The molecule has 0 aromatic heterocycles. The van der Waals surface area contributed by atoms with E-state index in [1.165, 1.54) is 0 Å². The van der Waals surface area contributed by atoms with Gasteiger partial charge in [-0.25, -0.2) is 0 Å². The van der Waals surface area contributed by atoms with Crippen molar-refractivity contribution < 1.29 is 38.3 Å². The summed E-state index contributed by atoms with van der Waals surface area (Å²) in [6.07, 6.45) is 0. The van der Waals surface area contributed by atoms with E-state index in [9.17, 15) is 8.76 Å². The molecule has 0 spiro atoms. The Kier molecular flexibility index (Phi) is 6.53. The molecule has 0 radical (unpaired) electrons. The van der Waals surface area contributed by atoms with Crippen LogP contribution < -0.4 is 29.6 Å². The number of benzene rings is 1. The fourth-order valence-electron chi connectivity index (χ4n) is 1.01. The number of hydrogen-bond donors (Lipinski definition) is 0. The van der Waals surface area contributed by atoms with Gasteiger partial charge in [0.15, 0.2) is 0 Å². The molecule has 0 aliphatic heterocycles. The van der Waals surface area contributed by atoms with Crippen LogP contribution in [0.4, 0.5) is 0 Å². The van der Waals surface area contributed by atoms with Crippen molar-refractivity contribution in [1.29, 1.82) is 0 Å². The van der Waals surface area contributed by atoms with E-state index in [0.717, 1.165) is 5.56 Å². The molecule has 1 unspecified atom stereocenters. The van der Waals surface area contributed by atoms with Gasteiger partial charge in [-0.3, -0.25) is 4.21 Å². The van der Waals surface area contributed by atoms with Gasteiger partial charge in [-0.1, -0.05) is 31.5 Å². The average molecular weight is 241 g/mol. The van der Waals surface area contributed by atoms with E-state index >= 15 is 0 Å². The predicted octanol–water partition coefficient (Wildman–Crippen LogP) is -0.295. The van der Waals surface area contributed by atoms with Crippen molar-refractivity contribution in [1.82, 2.24) is 0 Å². The number of rotatable bonds is 2. The fraction of sp³-hybridized carbons (Fsp3) is 0.333. The molecule has 1 aromatic carbocycles. The molecule has 72 valence electrons. The smallest absolute Gasteiger partial charge is 0.768 e. The summed E-state index contributed by atoms with van der Waals surface area (Å²) in [4.78, 5) is 0.174. The van der Waals surface area contributed by atoms with Crippen LogP contribution in [0.3, 0.4) is 0 Å². The predicted molar refractivity (Wildman–Crippen MR) is 52.7 cm³/mol. The van der Waals surface area contributed by atoms with Gasteiger partial charge in [0.05, 0.1) is 5.02 Å². The first kappa shape index (κ1) is 14.6. The maximum atomic E-state index is 10.7. The van der Waals surface area contributed by atoms with Crippen molar-refractivity contribution >= 4 is 22.7 Å². The van der Waals surface area contributed by atoms with E-state index < -0.39 is 11.1 Å². The van der Waals surface area contributed by atoms with Crippen LogP contribution in [0.2, 0.25) is 5.02 Å². The molecule has 0 bridgehead atoms. The van der Waals surface area contributed by atoms with Crippen molar-refractivity contribution in [2.24, 2.45) is 0 Å². The van der Waals surface area contributed by atoms with Crippen LogP contribution in [0.5, 0.6) is 0 Å². The van der Waals surface area contributed by atoms with Crippen LogP contribution in [-0.2, 0) is 11.1 Å². The van der Waals surface area contributed by atoms with E-state index in [-0.39, 0.29) is 39.5 Å². The molecule has 0 N–H and O–H groups in total. The van der Waals surface area contributed by atoms with Crippen molar-refractivity contribution in [3.63, 3.8) is 0 Å². The third kappa shape index (κ3) is 3.65. The first-order valence-corrected chi connectivity index (χ1v) is 5.36. The average Bonchev–Trinajstić information content (AvgIpc) is 2.04. The standard InChI is InChI=1S/C9H11ClO2S.Na/c1-6(2)7-3-4-8(10)9(5-7)13(11)12;/h3-6H,1-2H3,(H,11,12);/q;+1/p-1. The van der Waals surface area contributed by atoms with E-state index in [4.69, 9.17) is 11.6 Å². The molecule has 1 aromatic rings. The second-order valence-electron chi connectivity index (χ2n) is 3.08. The van der Waals surface area contributed by atoms with Crippen LogP contribution in [0, 0.1) is 0 Å². The molecule has 0 aliphatic carbocycles. The Morgan fingerprint density at radius 2 is 2.00 bits per heavy atom. The molecule has 0 fully saturated rings. The third-order valence-corrected chi connectivity index (χ3v) is 2.94. The molecule has 14 heavy (non-hydrogen) atoms. The zero-order valence-electron chi connectivity index (χ0n) is 8.41. The van der Waals surface area contributed by atoms with Crippen LogP contribution in [0.15, 0.2) is 23.1 Å². The van der Waals surface area contributed by atoms with Gasteiger partial charge in [0.25, 0.3) is 0 Å². The van der Waals surface area contributed by atoms with Gasteiger partial charge < -0.3 is 4.55 Å². The quantitative estimate of drug-likeness (QED) is 0.526. The minimum atomic E-state index is -2.25. The summed E-state index contributed by atoms with van der Waals surface area (Å²) >= 11 is 3.45. The SMILES string of the molecule is CC(C)c1ccc(Cl)c(S(=O)[O-])c1.[Na+]. The monoisotopic (exact) mass is 240 g/mol. The Hall–Kier alpha value is 0.620. The van der Waals surface area contributed by atoms with E-state index in [0.29, 0.717) is 5.92 Å². The summed E-state index contributed by atoms with van der Waals surface area (Å²) < 4.78 is 21.4. The van der Waals surface area contributed by atoms with Gasteiger partial charge >= 0.3 is 29.6 Å². The maximum Gasteiger partial charge on any atom is 1.00 e. The van der Waals surface area contributed by atoms with Gasteiger partial charge in [-0.2, -0.15) is 0 Å². The van der Waals surface area contributed by atoms with Gasteiger partial charge in [0, 0.05) is 4.90 Å². The minimum Gasteiger partial charge on any atom is -0.768 e. The molecule has 0 aliphatic rings.